The summed E-state index contributed by atoms with van der Waals surface area (Å²) in [6.07, 6.45) is 0.107. The first-order valence-electron chi connectivity index (χ1n) is 9.51. The van der Waals surface area contributed by atoms with Crippen molar-refractivity contribution >= 4 is 46.0 Å². The summed E-state index contributed by atoms with van der Waals surface area (Å²) in [5.74, 6) is 1.00. The average molecular weight is 446 g/mol. The van der Waals surface area contributed by atoms with E-state index in [4.69, 9.17) is 21.1 Å². The van der Waals surface area contributed by atoms with Crippen molar-refractivity contribution < 1.29 is 19.1 Å². The number of hydrogen-bond acceptors (Lipinski definition) is 6. The Labute approximate surface area is 183 Å². The molecule has 2 aromatic rings. The molecule has 2 aliphatic rings. The maximum absolute atomic E-state index is 13.0. The van der Waals surface area contributed by atoms with Crippen molar-refractivity contribution in [1.29, 1.82) is 0 Å². The van der Waals surface area contributed by atoms with E-state index in [9.17, 15) is 9.59 Å². The number of benzene rings is 2. The normalized spacial score (nSPS) is 19.3. The number of nitrogens with one attached hydrogen (secondary N) is 1. The molecule has 1 fully saturated rings. The van der Waals surface area contributed by atoms with E-state index in [1.165, 1.54) is 11.8 Å². The minimum absolute atomic E-state index is 0.107. The molecule has 2 amide bonds. The number of amidine groups is 1. The topological polar surface area (TPSA) is 80.2 Å². The van der Waals surface area contributed by atoms with Gasteiger partial charge in [-0.2, -0.15) is 0 Å². The van der Waals surface area contributed by atoms with Gasteiger partial charge in [-0.15, -0.1) is 0 Å². The number of halogens is 1. The van der Waals surface area contributed by atoms with Crippen molar-refractivity contribution in [3.05, 3.63) is 53.1 Å². The van der Waals surface area contributed by atoms with E-state index in [0.29, 0.717) is 40.5 Å². The van der Waals surface area contributed by atoms with Crippen molar-refractivity contribution in [2.75, 3.05) is 13.3 Å². The predicted octanol–water partition coefficient (Wildman–Crippen LogP) is 3.73. The first kappa shape index (κ1) is 20.6. The lowest BCUT2D eigenvalue weighted by Crippen LogP contribution is -2.46. The molecule has 1 atom stereocenters. The van der Waals surface area contributed by atoms with Crippen LogP contribution in [0.2, 0.25) is 5.02 Å². The van der Waals surface area contributed by atoms with Gasteiger partial charge in [-0.1, -0.05) is 35.5 Å². The Balaban J connectivity index is 1.64. The van der Waals surface area contributed by atoms with Crippen LogP contribution in [0.1, 0.15) is 18.9 Å². The molecule has 0 spiro atoms. The van der Waals surface area contributed by atoms with Gasteiger partial charge in [0.15, 0.2) is 16.7 Å². The van der Waals surface area contributed by atoms with E-state index in [-0.39, 0.29) is 25.0 Å². The van der Waals surface area contributed by atoms with Gasteiger partial charge in [0.2, 0.25) is 18.6 Å². The lowest BCUT2D eigenvalue weighted by atomic mass is 10.1. The number of nitrogens with zero attached hydrogens (tertiary/aromatic N) is 2. The average Bonchev–Trinajstić information content (AvgIpc) is 3.18. The van der Waals surface area contributed by atoms with Gasteiger partial charge in [0, 0.05) is 18.0 Å². The summed E-state index contributed by atoms with van der Waals surface area (Å²) in [5.41, 5.74) is 1.49. The van der Waals surface area contributed by atoms with E-state index >= 15 is 0 Å². The second kappa shape index (κ2) is 8.97. The SMILES string of the molecule is CCNC(=O)[C@H]1CC(=O)N(Cc2ccc3c(c2)OCO3)C(=Nc2cccc(Cl)c2)S1. The Hall–Kier alpha value is -2.71. The summed E-state index contributed by atoms with van der Waals surface area (Å²) < 4.78 is 10.8. The van der Waals surface area contributed by atoms with Gasteiger partial charge < -0.3 is 14.8 Å². The Morgan fingerprint density at radius 1 is 1.27 bits per heavy atom. The molecule has 0 unspecified atom stereocenters. The molecule has 1 saturated heterocycles. The third kappa shape index (κ3) is 4.55. The second-order valence-corrected chi connectivity index (χ2v) is 8.35. The first-order chi connectivity index (χ1) is 14.5. The second-order valence-electron chi connectivity index (χ2n) is 6.75. The third-order valence-corrected chi connectivity index (χ3v) is 6.02. The number of carbonyl (C=O) groups excluding carboxylic acids is 2. The smallest absolute Gasteiger partial charge is 0.234 e. The van der Waals surface area contributed by atoms with Crippen LogP contribution in [-0.2, 0) is 16.1 Å². The van der Waals surface area contributed by atoms with Gasteiger partial charge in [0.05, 0.1) is 17.5 Å². The zero-order valence-electron chi connectivity index (χ0n) is 16.3. The highest BCUT2D eigenvalue weighted by molar-refractivity contribution is 8.15. The van der Waals surface area contributed by atoms with Crippen molar-refractivity contribution in [3.63, 3.8) is 0 Å². The fourth-order valence-corrected chi connectivity index (χ4v) is 4.47. The van der Waals surface area contributed by atoms with Crippen molar-refractivity contribution in [3.8, 4) is 11.5 Å². The van der Waals surface area contributed by atoms with Gasteiger partial charge in [-0.05, 0) is 42.8 Å². The molecule has 4 rings (SSSR count). The van der Waals surface area contributed by atoms with Gasteiger partial charge in [-0.25, -0.2) is 4.99 Å². The maximum Gasteiger partial charge on any atom is 0.234 e. The van der Waals surface area contributed by atoms with Crippen molar-refractivity contribution in [2.24, 2.45) is 4.99 Å². The molecule has 7 nitrogen and oxygen atoms in total. The number of aliphatic imine (C=N–C) groups is 1. The van der Waals surface area contributed by atoms with Crippen molar-refractivity contribution in [2.45, 2.75) is 25.1 Å². The lowest BCUT2D eigenvalue weighted by molar-refractivity contribution is -0.130. The monoisotopic (exact) mass is 445 g/mol. The molecule has 0 aliphatic carbocycles. The molecule has 2 heterocycles. The Morgan fingerprint density at radius 2 is 2.10 bits per heavy atom. The molecule has 156 valence electrons. The Morgan fingerprint density at radius 3 is 2.90 bits per heavy atom. The van der Waals surface area contributed by atoms with E-state index in [2.05, 4.69) is 10.3 Å². The number of thioether (sulfide) groups is 1. The summed E-state index contributed by atoms with van der Waals surface area (Å²) in [5, 5.41) is 3.27. The number of hydrogen-bond donors (Lipinski definition) is 1. The molecule has 2 aromatic carbocycles. The van der Waals surface area contributed by atoms with Crippen LogP contribution in [-0.4, -0.2) is 40.5 Å². The molecule has 0 bridgehead atoms. The van der Waals surface area contributed by atoms with Gasteiger partial charge >= 0.3 is 0 Å². The van der Waals surface area contributed by atoms with Crippen molar-refractivity contribution in [1.82, 2.24) is 10.2 Å². The molecule has 9 heteroatoms. The summed E-state index contributed by atoms with van der Waals surface area (Å²) >= 11 is 7.37. The zero-order valence-corrected chi connectivity index (χ0v) is 17.8. The maximum atomic E-state index is 13.0. The summed E-state index contributed by atoms with van der Waals surface area (Å²) in [6.45, 7) is 2.85. The number of rotatable bonds is 5. The summed E-state index contributed by atoms with van der Waals surface area (Å²) in [6, 6.07) is 12.6. The van der Waals surface area contributed by atoms with Crippen LogP contribution < -0.4 is 14.8 Å². The fourth-order valence-electron chi connectivity index (χ4n) is 3.16. The summed E-state index contributed by atoms with van der Waals surface area (Å²) in [4.78, 5) is 31.6. The molecule has 0 aromatic heterocycles. The Kier molecular flexibility index (Phi) is 6.15. The molecule has 2 aliphatic heterocycles. The van der Waals surface area contributed by atoms with Crippen LogP contribution in [0.4, 0.5) is 5.69 Å². The highest BCUT2D eigenvalue weighted by Crippen LogP contribution is 2.35. The van der Waals surface area contributed by atoms with E-state index < -0.39 is 5.25 Å². The van der Waals surface area contributed by atoms with E-state index in [0.717, 1.165) is 5.56 Å². The minimum atomic E-state index is -0.525. The molecular weight excluding hydrogens is 426 g/mol. The van der Waals surface area contributed by atoms with Gasteiger partial charge in [-0.3, -0.25) is 14.5 Å². The fraction of sp³-hybridized carbons (Fsp3) is 0.286. The molecular formula is C21H20ClN3O4S. The van der Waals surface area contributed by atoms with Crippen LogP contribution >= 0.6 is 23.4 Å². The number of carbonyl (C=O) groups is 2. The van der Waals surface area contributed by atoms with Crippen LogP contribution in [0.3, 0.4) is 0 Å². The highest BCUT2D eigenvalue weighted by atomic mass is 35.5. The van der Waals surface area contributed by atoms with E-state index in [1.54, 1.807) is 29.2 Å². The summed E-state index contributed by atoms with van der Waals surface area (Å²) in [7, 11) is 0. The quantitative estimate of drug-likeness (QED) is 0.758. The van der Waals surface area contributed by atoms with E-state index in [1.807, 2.05) is 25.1 Å². The molecule has 1 N–H and O–H groups in total. The van der Waals surface area contributed by atoms with Crippen LogP contribution in [0.25, 0.3) is 0 Å². The third-order valence-electron chi connectivity index (χ3n) is 4.59. The van der Waals surface area contributed by atoms with Crippen LogP contribution in [0.5, 0.6) is 11.5 Å². The largest absolute Gasteiger partial charge is 0.454 e. The predicted molar refractivity (Wildman–Crippen MR) is 116 cm³/mol. The number of fused-ring (bicyclic) bond motifs is 1. The van der Waals surface area contributed by atoms with Gasteiger partial charge in [0.1, 0.15) is 0 Å². The number of ether oxygens (including phenoxy) is 2. The Bertz CT molecular complexity index is 1010. The van der Waals surface area contributed by atoms with Crippen LogP contribution in [0.15, 0.2) is 47.5 Å². The molecule has 0 saturated carbocycles. The highest BCUT2D eigenvalue weighted by Gasteiger charge is 2.36. The van der Waals surface area contributed by atoms with Crippen LogP contribution in [0, 0.1) is 0 Å². The van der Waals surface area contributed by atoms with Gasteiger partial charge in [0.25, 0.3) is 0 Å². The minimum Gasteiger partial charge on any atom is -0.454 e. The standard InChI is InChI=1S/C21H20ClN3O4S/c1-2-23-20(27)18-10-19(26)25(11-13-6-7-16-17(8-13)29-12-28-16)21(30-18)24-15-5-3-4-14(22)9-15/h3-9,18H,2,10-12H2,1H3,(H,23,27)/t18-/m1/s1. The molecule has 30 heavy (non-hydrogen) atoms. The first-order valence-corrected chi connectivity index (χ1v) is 10.8. The molecule has 0 radical (unpaired) electrons. The number of amides is 2. The zero-order chi connectivity index (χ0) is 21.1. The lowest BCUT2D eigenvalue weighted by Gasteiger charge is -2.31.